The van der Waals surface area contributed by atoms with Crippen molar-refractivity contribution in [3.8, 4) is 6.07 Å². The molecule has 16 heavy (non-hydrogen) atoms. The normalized spacial score (nSPS) is 37.3. The van der Waals surface area contributed by atoms with Gasteiger partial charge in [-0.05, 0) is 25.2 Å². The van der Waals surface area contributed by atoms with Crippen LogP contribution in [0.25, 0.3) is 0 Å². The van der Waals surface area contributed by atoms with Crippen molar-refractivity contribution in [1.29, 1.82) is 10.7 Å². The van der Waals surface area contributed by atoms with Gasteiger partial charge in [-0.2, -0.15) is 5.26 Å². The van der Waals surface area contributed by atoms with Crippen molar-refractivity contribution < 1.29 is 5.11 Å². The molecule has 2 fully saturated rings. The number of aliphatic hydroxyl groups is 1. The van der Waals surface area contributed by atoms with Crippen molar-refractivity contribution in [1.82, 2.24) is 4.90 Å². The number of nitriles is 1. The maximum Gasteiger partial charge on any atom is 0.143 e. The van der Waals surface area contributed by atoms with Crippen molar-refractivity contribution in [3.05, 3.63) is 11.3 Å². The van der Waals surface area contributed by atoms with E-state index < -0.39 is 0 Å². The number of amidine groups is 1. The number of aliphatic hydroxyl groups excluding tert-OH is 1. The highest BCUT2D eigenvalue weighted by atomic mass is 16.3. The molecular weight excluding hydrogens is 202 g/mol. The van der Waals surface area contributed by atoms with Crippen molar-refractivity contribution in [2.24, 2.45) is 5.92 Å². The summed E-state index contributed by atoms with van der Waals surface area (Å²) in [5.41, 5.74) is 0.189. The summed E-state index contributed by atoms with van der Waals surface area (Å²) in [7, 11) is 0. The lowest BCUT2D eigenvalue weighted by atomic mass is 9.84. The number of hydrogen-bond donors (Lipinski definition) is 2. The molecule has 0 bridgehead atoms. The van der Waals surface area contributed by atoms with Crippen molar-refractivity contribution >= 4 is 5.84 Å². The molecule has 4 nitrogen and oxygen atoms in total. The summed E-state index contributed by atoms with van der Waals surface area (Å²) < 4.78 is 0. The minimum absolute atomic E-state index is 0.0738. The molecule has 4 heteroatoms. The SMILES string of the molecule is N#CC1=C(O)[C@@H]2C[C@@H]3CCCC[C@H]3N2C1=N. The maximum absolute atomic E-state index is 9.95. The third-order valence-electron chi connectivity index (χ3n) is 4.27. The first-order chi connectivity index (χ1) is 7.74. The average Bonchev–Trinajstić information content (AvgIpc) is 2.77. The predicted octanol–water partition coefficient (Wildman–Crippen LogP) is 1.95. The molecule has 84 valence electrons. The van der Waals surface area contributed by atoms with Gasteiger partial charge < -0.3 is 10.0 Å². The van der Waals surface area contributed by atoms with E-state index in [1.165, 1.54) is 19.3 Å². The smallest absolute Gasteiger partial charge is 0.143 e. The number of fused-ring (bicyclic) bond motifs is 3. The van der Waals surface area contributed by atoms with Crippen molar-refractivity contribution in [2.45, 2.75) is 44.2 Å². The summed E-state index contributed by atoms with van der Waals surface area (Å²) in [5.74, 6) is 1.00. The summed E-state index contributed by atoms with van der Waals surface area (Å²) in [6.45, 7) is 0. The minimum atomic E-state index is -0.0738. The Labute approximate surface area is 94.7 Å². The van der Waals surface area contributed by atoms with Crippen LogP contribution in [0.2, 0.25) is 0 Å². The molecule has 3 atom stereocenters. The molecule has 3 rings (SSSR count). The van der Waals surface area contributed by atoms with E-state index in [4.69, 9.17) is 10.7 Å². The van der Waals surface area contributed by atoms with Crippen LogP contribution in [0, 0.1) is 22.7 Å². The Hall–Kier alpha value is -1.50. The number of nitrogens with one attached hydrogen (secondary N) is 1. The second kappa shape index (κ2) is 3.24. The lowest BCUT2D eigenvalue weighted by molar-refractivity contribution is 0.233. The molecule has 0 spiro atoms. The molecule has 0 radical (unpaired) electrons. The fourth-order valence-corrected chi connectivity index (χ4v) is 3.55. The summed E-state index contributed by atoms with van der Waals surface area (Å²) in [6.07, 6.45) is 5.71. The Bertz CT molecular complexity index is 420. The fraction of sp³-hybridized carbons (Fsp3) is 0.667. The Morgan fingerprint density at radius 1 is 1.38 bits per heavy atom. The molecular formula is C12H15N3O. The summed E-state index contributed by atoms with van der Waals surface area (Å²) in [4.78, 5) is 1.98. The zero-order valence-corrected chi connectivity index (χ0v) is 9.11. The second-order valence-corrected chi connectivity index (χ2v) is 4.99. The van der Waals surface area contributed by atoms with Crippen LogP contribution in [-0.4, -0.2) is 27.9 Å². The van der Waals surface area contributed by atoms with Gasteiger partial charge in [-0.25, -0.2) is 0 Å². The van der Waals surface area contributed by atoms with E-state index in [0.717, 1.165) is 12.8 Å². The molecule has 2 N–H and O–H groups in total. The molecule has 1 aliphatic carbocycles. The van der Waals surface area contributed by atoms with Crippen LogP contribution in [0.3, 0.4) is 0 Å². The molecule has 2 aliphatic heterocycles. The molecule has 0 unspecified atom stereocenters. The molecule has 0 aromatic rings. The van der Waals surface area contributed by atoms with Crippen LogP contribution in [0.4, 0.5) is 0 Å². The first-order valence-corrected chi connectivity index (χ1v) is 5.94. The Kier molecular flexibility index (Phi) is 1.97. The third kappa shape index (κ3) is 1.06. The summed E-state index contributed by atoms with van der Waals surface area (Å²) in [5, 5.41) is 26.8. The minimum Gasteiger partial charge on any atom is -0.509 e. The fourth-order valence-electron chi connectivity index (χ4n) is 3.55. The van der Waals surface area contributed by atoms with Crippen LogP contribution in [0.1, 0.15) is 32.1 Å². The highest BCUT2D eigenvalue weighted by molar-refractivity contribution is 6.03. The van der Waals surface area contributed by atoms with E-state index in [2.05, 4.69) is 0 Å². The van der Waals surface area contributed by atoms with E-state index in [0.29, 0.717) is 12.0 Å². The van der Waals surface area contributed by atoms with Gasteiger partial charge in [0, 0.05) is 6.04 Å². The molecule has 0 aromatic heterocycles. The van der Waals surface area contributed by atoms with Gasteiger partial charge in [0.25, 0.3) is 0 Å². The van der Waals surface area contributed by atoms with Crippen molar-refractivity contribution in [3.63, 3.8) is 0 Å². The number of hydrogen-bond acceptors (Lipinski definition) is 3. The van der Waals surface area contributed by atoms with Crippen molar-refractivity contribution in [2.75, 3.05) is 0 Å². The van der Waals surface area contributed by atoms with Gasteiger partial charge in [0.05, 0.1) is 6.04 Å². The van der Waals surface area contributed by atoms with Gasteiger partial charge in [-0.1, -0.05) is 12.8 Å². The second-order valence-electron chi connectivity index (χ2n) is 4.99. The largest absolute Gasteiger partial charge is 0.509 e. The lowest BCUT2D eigenvalue weighted by Gasteiger charge is -2.32. The summed E-state index contributed by atoms with van der Waals surface area (Å²) in [6, 6.07) is 2.27. The quantitative estimate of drug-likeness (QED) is 0.651. The molecule has 0 aromatic carbocycles. The van der Waals surface area contributed by atoms with E-state index in [9.17, 15) is 5.11 Å². The molecule has 0 amide bonds. The summed E-state index contributed by atoms with van der Waals surface area (Å²) >= 11 is 0. The first-order valence-electron chi connectivity index (χ1n) is 5.94. The van der Waals surface area contributed by atoms with Gasteiger partial charge >= 0.3 is 0 Å². The lowest BCUT2D eigenvalue weighted by Crippen LogP contribution is -2.39. The molecule has 2 heterocycles. The number of rotatable bonds is 0. The van der Waals surface area contributed by atoms with E-state index in [1.54, 1.807) is 0 Å². The maximum atomic E-state index is 9.95. The van der Waals surface area contributed by atoms with E-state index in [-0.39, 0.29) is 23.2 Å². The highest BCUT2D eigenvalue weighted by Gasteiger charge is 2.50. The van der Waals surface area contributed by atoms with Gasteiger partial charge in [0.15, 0.2) is 0 Å². The Morgan fingerprint density at radius 3 is 2.88 bits per heavy atom. The zero-order valence-electron chi connectivity index (χ0n) is 9.11. The monoisotopic (exact) mass is 217 g/mol. The van der Waals surface area contributed by atoms with Gasteiger partial charge in [-0.3, -0.25) is 5.41 Å². The van der Waals surface area contributed by atoms with Crippen LogP contribution in [0.5, 0.6) is 0 Å². The van der Waals surface area contributed by atoms with Crippen LogP contribution in [0.15, 0.2) is 11.3 Å². The molecule has 1 saturated heterocycles. The Morgan fingerprint density at radius 2 is 2.12 bits per heavy atom. The predicted molar refractivity (Wildman–Crippen MR) is 59.0 cm³/mol. The van der Waals surface area contributed by atoms with Crippen LogP contribution < -0.4 is 0 Å². The zero-order chi connectivity index (χ0) is 11.3. The third-order valence-corrected chi connectivity index (χ3v) is 4.27. The topological polar surface area (TPSA) is 71.1 Å². The van der Waals surface area contributed by atoms with Crippen LogP contribution >= 0.6 is 0 Å². The highest BCUT2D eigenvalue weighted by Crippen LogP contribution is 2.45. The average molecular weight is 217 g/mol. The Balaban J connectivity index is 1.96. The van der Waals surface area contributed by atoms with E-state index >= 15 is 0 Å². The first kappa shape index (κ1) is 9.71. The van der Waals surface area contributed by atoms with Gasteiger partial charge in [0.2, 0.25) is 0 Å². The van der Waals surface area contributed by atoms with Gasteiger partial charge in [-0.15, -0.1) is 0 Å². The van der Waals surface area contributed by atoms with Gasteiger partial charge in [0.1, 0.15) is 23.2 Å². The standard InChI is InChI=1S/C12H15N3O/c13-6-8-11(16)10-5-7-3-1-2-4-9(7)15(10)12(8)14/h7,9-10,14,16H,1-5H2/t7-,9+,10-/m0/s1. The molecule has 3 aliphatic rings. The van der Waals surface area contributed by atoms with Crippen LogP contribution in [-0.2, 0) is 0 Å². The van der Waals surface area contributed by atoms with E-state index in [1.807, 2.05) is 11.0 Å². The number of nitrogens with zero attached hydrogens (tertiary/aromatic N) is 2. The molecule has 1 saturated carbocycles.